The number of nitrogens with zero attached hydrogens (tertiary/aromatic N) is 1. The maximum absolute atomic E-state index is 11.7. The Balaban J connectivity index is 1.53. The zero-order valence-corrected chi connectivity index (χ0v) is 11.9. The van der Waals surface area contributed by atoms with E-state index in [1.807, 2.05) is 0 Å². The zero-order valence-electron chi connectivity index (χ0n) is 11.9. The van der Waals surface area contributed by atoms with Crippen LogP contribution in [0, 0.1) is 5.92 Å². The quantitative estimate of drug-likeness (QED) is 0.636. The van der Waals surface area contributed by atoms with Crippen LogP contribution in [0.3, 0.4) is 0 Å². The number of urea groups is 1. The second-order valence-electron chi connectivity index (χ2n) is 5.85. The van der Waals surface area contributed by atoms with Crippen molar-refractivity contribution in [3.63, 3.8) is 0 Å². The van der Waals surface area contributed by atoms with Crippen molar-refractivity contribution in [2.24, 2.45) is 5.92 Å². The van der Waals surface area contributed by atoms with Crippen LogP contribution < -0.4 is 10.6 Å². The molecule has 0 aromatic rings. The molecule has 0 radical (unpaired) electrons. The van der Waals surface area contributed by atoms with Gasteiger partial charge in [-0.25, -0.2) is 4.79 Å². The van der Waals surface area contributed by atoms with E-state index < -0.39 is 5.97 Å². The monoisotopic (exact) mass is 283 g/mol. The van der Waals surface area contributed by atoms with Crippen molar-refractivity contribution in [1.82, 2.24) is 15.5 Å². The summed E-state index contributed by atoms with van der Waals surface area (Å²) >= 11 is 0. The Hall–Kier alpha value is -1.30. The van der Waals surface area contributed by atoms with E-state index >= 15 is 0 Å². The summed E-state index contributed by atoms with van der Waals surface area (Å²) < 4.78 is 0. The van der Waals surface area contributed by atoms with E-state index in [-0.39, 0.29) is 18.0 Å². The second-order valence-corrected chi connectivity index (χ2v) is 5.85. The molecule has 2 aliphatic rings. The van der Waals surface area contributed by atoms with Crippen LogP contribution in [0.25, 0.3) is 0 Å². The number of aliphatic carboxylic acids is 1. The van der Waals surface area contributed by atoms with Gasteiger partial charge in [0.1, 0.15) is 0 Å². The number of amides is 2. The molecule has 3 N–H and O–H groups in total. The van der Waals surface area contributed by atoms with Gasteiger partial charge in [0.05, 0.1) is 5.92 Å². The van der Waals surface area contributed by atoms with Crippen LogP contribution in [0.2, 0.25) is 0 Å². The molecule has 114 valence electrons. The third-order valence-electron chi connectivity index (χ3n) is 4.25. The first-order chi connectivity index (χ1) is 9.65. The van der Waals surface area contributed by atoms with Crippen LogP contribution in [0.15, 0.2) is 0 Å². The lowest BCUT2D eigenvalue weighted by Gasteiger charge is -2.16. The lowest BCUT2D eigenvalue weighted by atomic mass is 10.1. The van der Waals surface area contributed by atoms with Gasteiger partial charge in [-0.15, -0.1) is 0 Å². The molecule has 20 heavy (non-hydrogen) atoms. The van der Waals surface area contributed by atoms with Gasteiger partial charge >= 0.3 is 12.0 Å². The van der Waals surface area contributed by atoms with Gasteiger partial charge in [-0.05, 0) is 58.2 Å². The third kappa shape index (κ3) is 4.67. The molecule has 0 aromatic heterocycles. The van der Waals surface area contributed by atoms with E-state index in [0.29, 0.717) is 19.4 Å². The normalized spacial score (nSPS) is 26.6. The number of rotatable bonds is 6. The Kier molecular flexibility index (Phi) is 5.64. The lowest BCUT2D eigenvalue weighted by molar-refractivity contribution is -0.141. The van der Waals surface area contributed by atoms with Gasteiger partial charge in [-0.1, -0.05) is 0 Å². The van der Waals surface area contributed by atoms with Crippen LogP contribution in [0.1, 0.15) is 38.5 Å². The number of hydrogen-bond donors (Lipinski definition) is 3. The van der Waals surface area contributed by atoms with Crippen molar-refractivity contribution in [3.05, 3.63) is 0 Å². The summed E-state index contributed by atoms with van der Waals surface area (Å²) in [5.74, 6) is -1.05. The molecule has 0 spiro atoms. The molecule has 6 nitrogen and oxygen atoms in total. The highest BCUT2D eigenvalue weighted by Crippen LogP contribution is 2.25. The Labute approximate surface area is 119 Å². The Morgan fingerprint density at radius 2 is 1.95 bits per heavy atom. The van der Waals surface area contributed by atoms with E-state index in [0.717, 1.165) is 19.4 Å². The first-order valence-electron chi connectivity index (χ1n) is 7.64. The lowest BCUT2D eigenvalue weighted by Crippen LogP contribution is -2.42. The number of carbonyl (C=O) groups excluding carboxylic acids is 1. The highest BCUT2D eigenvalue weighted by atomic mass is 16.4. The summed E-state index contributed by atoms with van der Waals surface area (Å²) in [4.78, 5) is 24.9. The van der Waals surface area contributed by atoms with Gasteiger partial charge < -0.3 is 20.6 Å². The second kappa shape index (κ2) is 7.47. The molecule has 2 amide bonds. The van der Waals surface area contributed by atoms with E-state index in [9.17, 15) is 9.59 Å². The topological polar surface area (TPSA) is 81.7 Å². The van der Waals surface area contributed by atoms with Gasteiger partial charge in [0.15, 0.2) is 0 Å². The van der Waals surface area contributed by atoms with E-state index in [4.69, 9.17) is 5.11 Å². The van der Waals surface area contributed by atoms with Crippen LogP contribution in [0.4, 0.5) is 4.79 Å². The third-order valence-corrected chi connectivity index (χ3v) is 4.25. The summed E-state index contributed by atoms with van der Waals surface area (Å²) in [5, 5.41) is 14.6. The van der Waals surface area contributed by atoms with E-state index in [1.54, 1.807) is 0 Å². The van der Waals surface area contributed by atoms with Crippen LogP contribution in [-0.2, 0) is 4.79 Å². The van der Waals surface area contributed by atoms with Crippen molar-refractivity contribution in [2.45, 2.75) is 44.6 Å². The molecule has 2 atom stereocenters. The van der Waals surface area contributed by atoms with E-state index in [2.05, 4.69) is 15.5 Å². The fourth-order valence-electron chi connectivity index (χ4n) is 3.08. The maximum atomic E-state index is 11.7. The average Bonchev–Trinajstić information content (AvgIpc) is 3.05. The molecule has 2 unspecified atom stereocenters. The highest BCUT2D eigenvalue weighted by molar-refractivity contribution is 5.75. The van der Waals surface area contributed by atoms with Crippen molar-refractivity contribution < 1.29 is 14.7 Å². The summed E-state index contributed by atoms with van der Waals surface area (Å²) in [6, 6.07) is -0.155. The van der Waals surface area contributed by atoms with Gasteiger partial charge in [-0.3, -0.25) is 4.79 Å². The molecule has 2 rings (SSSR count). The summed E-state index contributed by atoms with van der Waals surface area (Å²) in [6.45, 7) is 4.10. The molecular formula is C14H25N3O3. The van der Waals surface area contributed by atoms with Gasteiger partial charge in [-0.2, -0.15) is 0 Å². The summed E-state index contributed by atoms with van der Waals surface area (Å²) in [6.07, 6.45) is 5.53. The fourth-order valence-corrected chi connectivity index (χ4v) is 3.08. The Morgan fingerprint density at radius 1 is 1.20 bits per heavy atom. The first kappa shape index (κ1) is 15.1. The van der Waals surface area contributed by atoms with Crippen LogP contribution in [-0.4, -0.2) is 54.2 Å². The number of nitrogens with one attached hydrogen (secondary N) is 2. The van der Waals surface area contributed by atoms with Gasteiger partial charge in [0.25, 0.3) is 0 Å². The molecule has 1 saturated heterocycles. The number of carbonyl (C=O) groups is 2. The minimum Gasteiger partial charge on any atom is -0.481 e. The van der Waals surface area contributed by atoms with Crippen molar-refractivity contribution >= 4 is 12.0 Å². The average molecular weight is 283 g/mol. The minimum atomic E-state index is -0.750. The van der Waals surface area contributed by atoms with Crippen molar-refractivity contribution in [2.75, 3.05) is 26.2 Å². The number of carboxylic acid groups (broad SMARTS) is 1. The van der Waals surface area contributed by atoms with Gasteiger partial charge in [0, 0.05) is 12.6 Å². The largest absolute Gasteiger partial charge is 0.481 e. The van der Waals surface area contributed by atoms with Crippen LogP contribution >= 0.6 is 0 Å². The molecule has 1 heterocycles. The number of likely N-dealkylation sites (tertiary alicyclic amines) is 1. The molecule has 1 saturated carbocycles. The molecule has 0 bridgehead atoms. The van der Waals surface area contributed by atoms with Gasteiger partial charge in [0.2, 0.25) is 0 Å². The predicted molar refractivity (Wildman–Crippen MR) is 75.6 cm³/mol. The number of hydrogen-bond acceptors (Lipinski definition) is 3. The molecule has 1 aliphatic carbocycles. The van der Waals surface area contributed by atoms with Crippen LogP contribution in [0.5, 0.6) is 0 Å². The zero-order chi connectivity index (χ0) is 14.4. The first-order valence-corrected chi connectivity index (χ1v) is 7.64. The SMILES string of the molecule is O=C(NCCCN1CCCC1)NC1CCC(C(=O)O)C1. The number of carboxylic acids is 1. The molecular weight excluding hydrogens is 258 g/mol. The maximum Gasteiger partial charge on any atom is 0.315 e. The molecule has 1 aliphatic heterocycles. The Bertz CT molecular complexity index is 343. The smallest absolute Gasteiger partial charge is 0.315 e. The summed E-state index contributed by atoms with van der Waals surface area (Å²) in [5.41, 5.74) is 0. The minimum absolute atomic E-state index is 0.00896. The molecule has 0 aromatic carbocycles. The molecule has 2 fully saturated rings. The van der Waals surface area contributed by atoms with Crippen molar-refractivity contribution in [3.8, 4) is 0 Å². The van der Waals surface area contributed by atoms with E-state index in [1.165, 1.54) is 25.9 Å². The standard InChI is InChI=1S/C14H25N3O3/c18-13(19)11-4-5-12(10-11)16-14(20)15-6-3-9-17-7-1-2-8-17/h11-12H,1-10H2,(H,18,19)(H2,15,16,20). The highest BCUT2D eigenvalue weighted by Gasteiger charge is 2.30. The summed E-state index contributed by atoms with van der Waals surface area (Å²) in [7, 11) is 0. The Morgan fingerprint density at radius 3 is 2.60 bits per heavy atom. The van der Waals surface area contributed by atoms with Crippen molar-refractivity contribution in [1.29, 1.82) is 0 Å². The predicted octanol–water partition coefficient (Wildman–Crippen LogP) is 1.02. The molecule has 6 heteroatoms. The fraction of sp³-hybridized carbons (Fsp3) is 0.857.